The average molecular weight is 346 g/mol. The molecule has 0 saturated heterocycles. The topological polar surface area (TPSA) is 22.1 Å². The van der Waals surface area contributed by atoms with Gasteiger partial charge in [-0.2, -0.15) is 8.78 Å². The number of nitrogens with zero attached hydrogens (tertiary/aromatic N) is 1. The third kappa shape index (κ3) is 4.09. The van der Waals surface area contributed by atoms with Crippen LogP contribution in [0.1, 0.15) is 11.1 Å². The normalized spacial score (nSPS) is 10.8. The summed E-state index contributed by atoms with van der Waals surface area (Å²) in [5.41, 5.74) is 3.18. The maximum Gasteiger partial charge on any atom is 0.388 e. The second-order valence-electron chi connectivity index (χ2n) is 5.25. The first-order valence-electron chi connectivity index (χ1n) is 7.35. The average Bonchev–Trinajstić information content (AvgIpc) is 2.57. The maximum atomic E-state index is 12.7. The Morgan fingerprint density at radius 1 is 0.958 bits per heavy atom. The number of ether oxygens (including phenoxy) is 1. The van der Waals surface area contributed by atoms with Crippen LogP contribution in [-0.2, 0) is 6.42 Å². The van der Waals surface area contributed by atoms with Crippen molar-refractivity contribution in [2.45, 2.75) is 13.0 Å². The van der Waals surface area contributed by atoms with Crippen LogP contribution in [0, 0.1) is 0 Å². The van der Waals surface area contributed by atoms with E-state index < -0.39 is 6.61 Å². The molecule has 3 rings (SSSR count). The molecule has 0 amide bonds. The van der Waals surface area contributed by atoms with Crippen molar-refractivity contribution in [1.82, 2.24) is 4.98 Å². The van der Waals surface area contributed by atoms with Gasteiger partial charge in [-0.1, -0.05) is 54.1 Å². The van der Waals surface area contributed by atoms with Gasteiger partial charge in [0.25, 0.3) is 0 Å². The number of benzene rings is 2. The quantitative estimate of drug-likeness (QED) is 0.601. The van der Waals surface area contributed by atoms with Gasteiger partial charge in [-0.15, -0.1) is 0 Å². The molecule has 0 aliphatic rings. The van der Waals surface area contributed by atoms with Gasteiger partial charge in [-0.25, -0.2) is 4.98 Å². The van der Waals surface area contributed by atoms with E-state index in [4.69, 9.17) is 11.6 Å². The van der Waals surface area contributed by atoms with Crippen molar-refractivity contribution in [2.24, 2.45) is 0 Å². The molecule has 5 heteroatoms. The summed E-state index contributed by atoms with van der Waals surface area (Å²) < 4.78 is 29.9. The van der Waals surface area contributed by atoms with E-state index in [9.17, 15) is 8.78 Å². The van der Waals surface area contributed by atoms with Gasteiger partial charge in [0.2, 0.25) is 5.88 Å². The zero-order valence-electron chi connectivity index (χ0n) is 12.6. The molecule has 24 heavy (non-hydrogen) atoms. The first-order valence-corrected chi connectivity index (χ1v) is 7.73. The van der Waals surface area contributed by atoms with E-state index in [1.54, 1.807) is 30.5 Å². The molecule has 0 atom stereocenters. The number of halogens is 3. The van der Waals surface area contributed by atoms with Gasteiger partial charge in [0.1, 0.15) is 0 Å². The summed E-state index contributed by atoms with van der Waals surface area (Å²) in [5, 5.41) is 0.518. The fourth-order valence-electron chi connectivity index (χ4n) is 2.46. The molecular formula is C19H14ClF2NO. The lowest BCUT2D eigenvalue weighted by molar-refractivity contribution is -0.0524. The van der Waals surface area contributed by atoms with E-state index in [1.165, 1.54) is 0 Å². The van der Waals surface area contributed by atoms with Gasteiger partial charge in [0.05, 0.1) is 0 Å². The van der Waals surface area contributed by atoms with Crippen molar-refractivity contribution >= 4 is 11.6 Å². The number of alkyl halides is 2. The summed E-state index contributed by atoms with van der Waals surface area (Å²) >= 11 is 6.01. The first-order chi connectivity index (χ1) is 11.6. The Bertz CT molecular complexity index is 825. The lowest BCUT2D eigenvalue weighted by Crippen LogP contribution is -2.05. The standard InChI is InChI=1S/C19H14ClF2NO/c20-16-8-4-7-15(11-16)17-10-14(9-13-5-2-1-3-6-13)12-23-18(17)24-19(21)22/h1-8,10-12,19H,9H2. The van der Waals surface area contributed by atoms with Crippen LogP contribution in [0.3, 0.4) is 0 Å². The fraction of sp³-hybridized carbons (Fsp3) is 0.105. The number of rotatable bonds is 5. The predicted octanol–water partition coefficient (Wildman–Crippen LogP) is 5.59. The van der Waals surface area contributed by atoms with Crippen molar-refractivity contribution in [3.8, 4) is 17.0 Å². The van der Waals surface area contributed by atoms with Gasteiger partial charge in [-0.05, 0) is 41.3 Å². The largest absolute Gasteiger partial charge is 0.416 e. The Labute approximate surface area is 143 Å². The van der Waals surface area contributed by atoms with Gasteiger partial charge in [0, 0.05) is 16.8 Å². The highest BCUT2D eigenvalue weighted by Gasteiger charge is 2.14. The minimum absolute atomic E-state index is 0.107. The molecule has 0 radical (unpaired) electrons. The minimum atomic E-state index is -2.93. The Morgan fingerprint density at radius 3 is 2.46 bits per heavy atom. The van der Waals surface area contributed by atoms with Crippen molar-refractivity contribution in [2.75, 3.05) is 0 Å². The molecule has 3 aromatic rings. The molecular weight excluding hydrogens is 332 g/mol. The molecule has 0 spiro atoms. The molecule has 122 valence electrons. The highest BCUT2D eigenvalue weighted by atomic mass is 35.5. The molecule has 0 saturated carbocycles. The van der Waals surface area contributed by atoms with Gasteiger partial charge in [-0.3, -0.25) is 0 Å². The van der Waals surface area contributed by atoms with Crippen LogP contribution in [0.25, 0.3) is 11.1 Å². The number of hydrogen-bond acceptors (Lipinski definition) is 2. The van der Waals surface area contributed by atoms with Gasteiger partial charge in [0.15, 0.2) is 0 Å². The van der Waals surface area contributed by atoms with E-state index in [2.05, 4.69) is 9.72 Å². The maximum absolute atomic E-state index is 12.7. The van der Waals surface area contributed by atoms with Crippen molar-refractivity contribution in [3.05, 3.63) is 83.0 Å². The first kappa shape index (κ1) is 16.4. The van der Waals surface area contributed by atoms with E-state index in [-0.39, 0.29) is 5.88 Å². The third-order valence-electron chi connectivity index (χ3n) is 3.50. The summed E-state index contributed by atoms with van der Waals surface area (Å²) in [6, 6.07) is 18.6. The van der Waals surface area contributed by atoms with Crippen LogP contribution in [0.5, 0.6) is 5.88 Å². The molecule has 2 nitrogen and oxygen atoms in total. The summed E-state index contributed by atoms with van der Waals surface area (Å²) in [4.78, 5) is 4.08. The molecule has 1 aromatic heterocycles. The zero-order chi connectivity index (χ0) is 16.9. The SMILES string of the molecule is FC(F)Oc1ncc(Cc2ccccc2)cc1-c1cccc(Cl)c1. The van der Waals surface area contributed by atoms with E-state index in [0.29, 0.717) is 22.6 Å². The second-order valence-corrected chi connectivity index (χ2v) is 5.68. The summed E-state index contributed by atoms with van der Waals surface area (Å²) in [7, 11) is 0. The highest BCUT2D eigenvalue weighted by molar-refractivity contribution is 6.30. The van der Waals surface area contributed by atoms with E-state index >= 15 is 0 Å². The summed E-state index contributed by atoms with van der Waals surface area (Å²) in [6.07, 6.45) is 2.20. The zero-order valence-corrected chi connectivity index (χ0v) is 13.4. The smallest absolute Gasteiger partial charge is 0.388 e. The Balaban J connectivity index is 2.00. The van der Waals surface area contributed by atoms with Crippen LogP contribution in [0.4, 0.5) is 8.78 Å². The molecule has 2 aromatic carbocycles. The number of aromatic nitrogens is 1. The molecule has 0 N–H and O–H groups in total. The monoisotopic (exact) mass is 345 g/mol. The van der Waals surface area contributed by atoms with E-state index in [1.807, 2.05) is 36.4 Å². The van der Waals surface area contributed by atoms with Crippen LogP contribution in [-0.4, -0.2) is 11.6 Å². The van der Waals surface area contributed by atoms with Gasteiger partial charge >= 0.3 is 6.61 Å². The number of hydrogen-bond donors (Lipinski definition) is 0. The Morgan fingerprint density at radius 2 is 1.75 bits per heavy atom. The number of pyridine rings is 1. The van der Waals surface area contributed by atoms with Crippen LogP contribution in [0.15, 0.2) is 66.9 Å². The van der Waals surface area contributed by atoms with Crippen LogP contribution < -0.4 is 4.74 Å². The molecule has 0 bridgehead atoms. The molecule has 0 unspecified atom stereocenters. The van der Waals surface area contributed by atoms with Crippen LogP contribution >= 0.6 is 11.6 Å². The minimum Gasteiger partial charge on any atom is -0.416 e. The Kier molecular flexibility index (Phi) is 5.06. The fourth-order valence-corrected chi connectivity index (χ4v) is 2.66. The second kappa shape index (κ2) is 7.41. The molecule has 1 heterocycles. The Hall–Kier alpha value is -2.46. The predicted molar refractivity (Wildman–Crippen MR) is 90.6 cm³/mol. The van der Waals surface area contributed by atoms with Crippen LogP contribution in [0.2, 0.25) is 5.02 Å². The van der Waals surface area contributed by atoms with E-state index in [0.717, 1.165) is 11.1 Å². The summed E-state index contributed by atoms with van der Waals surface area (Å²) in [6.45, 7) is -2.93. The van der Waals surface area contributed by atoms with Crippen molar-refractivity contribution in [1.29, 1.82) is 0 Å². The third-order valence-corrected chi connectivity index (χ3v) is 3.73. The molecule has 0 aliphatic carbocycles. The molecule has 0 fully saturated rings. The lowest BCUT2D eigenvalue weighted by Gasteiger charge is -2.12. The van der Waals surface area contributed by atoms with Gasteiger partial charge < -0.3 is 4.74 Å². The van der Waals surface area contributed by atoms with Crippen molar-refractivity contribution in [3.63, 3.8) is 0 Å². The summed E-state index contributed by atoms with van der Waals surface area (Å²) in [5.74, 6) is -0.107. The highest BCUT2D eigenvalue weighted by Crippen LogP contribution is 2.32. The lowest BCUT2D eigenvalue weighted by atomic mass is 10.0. The molecule has 0 aliphatic heterocycles. The van der Waals surface area contributed by atoms with Crippen molar-refractivity contribution < 1.29 is 13.5 Å².